The number of benzene rings is 2. The molecular weight excluding hydrogens is 420 g/mol. The number of carbonyl (C=O) groups excluding carboxylic acids is 2. The van der Waals surface area contributed by atoms with Gasteiger partial charge in [0, 0.05) is 10.8 Å². The number of fused-ring (bicyclic) bond motifs is 2. The van der Waals surface area contributed by atoms with Crippen LogP contribution < -0.4 is 14.5 Å². The molecule has 2 amide bonds. The number of nitrogens with one attached hydrogen (secondary N) is 1. The molecule has 2 aromatic carbocycles. The maximum absolute atomic E-state index is 13.6. The maximum Gasteiger partial charge on any atom is 0.305 e. The van der Waals surface area contributed by atoms with E-state index >= 15 is 0 Å². The van der Waals surface area contributed by atoms with Gasteiger partial charge in [-0.2, -0.15) is 0 Å². The Morgan fingerprint density at radius 3 is 2.43 bits per heavy atom. The first-order valence-corrected chi connectivity index (χ1v) is 11.2. The zero-order chi connectivity index (χ0) is 21.0. The van der Waals surface area contributed by atoms with Gasteiger partial charge in [0.05, 0.1) is 23.7 Å². The summed E-state index contributed by atoms with van der Waals surface area (Å²) in [6.45, 7) is 1.99. The van der Waals surface area contributed by atoms with Crippen LogP contribution in [0.5, 0.6) is 5.75 Å². The molecule has 3 aromatic rings. The van der Waals surface area contributed by atoms with Crippen LogP contribution in [0.2, 0.25) is 0 Å². The molecule has 3 heterocycles. The lowest BCUT2D eigenvalue weighted by Gasteiger charge is -2.30. The molecule has 2 unspecified atom stereocenters. The van der Waals surface area contributed by atoms with E-state index in [1.165, 1.54) is 16.7 Å². The van der Waals surface area contributed by atoms with Gasteiger partial charge in [-0.3, -0.25) is 14.4 Å². The van der Waals surface area contributed by atoms with Gasteiger partial charge < -0.3 is 9.72 Å². The van der Waals surface area contributed by atoms with Gasteiger partial charge in [-0.25, -0.2) is 4.90 Å². The molecule has 2 aliphatic rings. The molecule has 0 aliphatic carbocycles. The fourth-order valence-electron chi connectivity index (χ4n) is 4.27. The highest BCUT2D eigenvalue weighted by Gasteiger charge is 2.56. The number of aromatic nitrogens is 1. The van der Waals surface area contributed by atoms with Gasteiger partial charge in [0.15, 0.2) is 0 Å². The molecule has 0 bridgehead atoms. The van der Waals surface area contributed by atoms with Crippen molar-refractivity contribution in [3.05, 3.63) is 74.2 Å². The lowest BCUT2D eigenvalue weighted by atomic mass is 9.81. The third kappa shape index (κ3) is 2.82. The summed E-state index contributed by atoms with van der Waals surface area (Å²) in [5.74, 6) is -0.734. The standard InChI is InChI=1S/C22H18N2O4S2/c1-11-5-3-4-6-14(11)15-16-18(29-19-17(15)30-22(27)23-19)21(26)24(20(16)25)12-7-9-13(28-2)10-8-12/h3-10,15-16,18H,1-2H3,(H,23,27)/t15-,16?,18?/m1/s1. The quantitative estimate of drug-likeness (QED) is 0.633. The van der Waals surface area contributed by atoms with Gasteiger partial charge in [-0.1, -0.05) is 47.4 Å². The summed E-state index contributed by atoms with van der Waals surface area (Å²) < 4.78 is 5.19. The highest BCUT2D eigenvalue weighted by molar-refractivity contribution is 8.00. The summed E-state index contributed by atoms with van der Waals surface area (Å²) in [5, 5.41) is 0.110. The Balaban J connectivity index is 1.64. The third-order valence-corrected chi connectivity index (χ3v) is 8.08. The number of aromatic amines is 1. The first-order valence-electron chi connectivity index (χ1n) is 9.46. The summed E-state index contributed by atoms with van der Waals surface area (Å²) in [5.41, 5.74) is 2.53. The Hall–Kier alpha value is -2.84. The van der Waals surface area contributed by atoms with E-state index < -0.39 is 11.2 Å². The molecule has 30 heavy (non-hydrogen) atoms. The van der Waals surface area contributed by atoms with E-state index in [9.17, 15) is 14.4 Å². The second kappa shape index (κ2) is 7.14. The number of hydrogen-bond acceptors (Lipinski definition) is 6. The molecule has 1 aromatic heterocycles. The third-order valence-electron chi connectivity index (χ3n) is 5.68. The summed E-state index contributed by atoms with van der Waals surface area (Å²) in [6.07, 6.45) is 0. The number of aryl methyl sites for hydroxylation is 1. The number of H-pyrrole nitrogens is 1. The number of thioether (sulfide) groups is 1. The number of anilines is 1. The Morgan fingerprint density at radius 1 is 1.00 bits per heavy atom. The van der Waals surface area contributed by atoms with Crippen molar-refractivity contribution >= 4 is 40.6 Å². The van der Waals surface area contributed by atoms with E-state index in [4.69, 9.17) is 4.74 Å². The molecule has 0 radical (unpaired) electrons. The van der Waals surface area contributed by atoms with Crippen molar-refractivity contribution in [2.24, 2.45) is 5.92 Å². The van der Waals surface area contributed by atoms with Gasteiger partial charge in [0.1, 0.15) is 11.0 Å². The van der Waals surface area contributed by atoms with Crippen molar-refractivity contribution in [3.63, 3.8) is 0 Å². The topological polar surface area (TPSA) is 79.5 Å². The van der Waals surface area contributed by atoms with Gasteiger partial charge in [-0.05, 0) is 42.3 Å². The van der Waals surface area contributed by atoms with Crippen molar-refractivity contribution in [1.29, 1.82) is 0 Å². The highest BCUT2D eigenvalue weighted by atomic mass is 32.2. The molecule has 3 atom stereocenters. The summed E-state index contributed by atoms with van der Waals surface area (Å²) >= 11 is 2.41. The molecule has 6 nitrogen and oxygen atoms in total. The van der Waals surface area contributed by atoms with Crippen LogP contribution in [0.1, 0.15) is 21.9 Å². The van der Waals surface area contributed by atoms with E-state index in [-0.39, 0.29) is 22.6 Å². The van der Waals surface area contributed by atoms with Crippen molar-refractivity contribution < 1.29 is 14.3 Å². The number of hydrogen-bond donors (Lipinski definition) is 1. The van der Waals surface area contributed by atoms with Gasteiger partial charge in [0.2, 0.25) is 11.8 Å². The van der Waals surface area contributed by atoms with Crippen LogP contribution >= 0.6 is 23.1 Å². The maximum atomic E-state index is 13.6. The van der Waals surface area contributed by atoms with Crippen LogP contribution in [-0.4, -0.2) is 29.2 Å². The Kier molecular flexibility index (Phi) is 4.56. The number of rotatable bonds is 3. The number of carbonyl (C=O) groups is 2. The number of methoxy groups -OCH3 is 1. The molecule has 152 valence electrons. The predicted octanol–water partition coefficient (Wildman–Crippen LogP) is 3.55. The average molecular weight is 439 g/mol. The molecule has 0 saturated carbocycles. The van der Waals surface area contributed by atoms with Crippen LogP contribution in [0.3, 0.4) is 0 Å². The molecule has 0 spiro atoms. The molecule has 2 aliphatic heterocycles. The second-order valence-electron chi connectivity index (χ2n) is 7.32. The van der Waals surface area contributed by atoms with E-state index in [0.717, 1.165) is 27.3 Å². The van der Waals surface area contributed by atoms with Crippen molar-refractivity contribution in [2.75, 3.05) is 12.0 Å². The number of nitrogens with zero attached hydrogens (tertiary/aromatic N) is 1. The van der Waals surface area contributed by atoms with Gasteiger partial charge >= 0.3 is 4.87 Å². The lowest BCUT2D eigenvalue weighted by Crippen LogP contribution is -2.32. The largest absolute Gasteiger partial charge is 0.497 e. The minimum Gasteiger partial charge on any atom is -0.497 e. The minimum absolute atomic E-state index is 0.169. The molecule has 1 saturated heterocycles. The molecule has 5 rings (SSSR count). The SMILES string of the molecule is COc1ccc(N2C(=O)C3Sc4[nH]c(=O)sc4[C@H](c4ccccc4C)C3C2=O)cc1. The van der Waals surface area contributed by atoms with Crippen molar-refractivity contribution in [1.82, 2.24) is 4.98 Å². The van der Waals surface area contributed by atoms with Crippen LogP contribution in [0.4, 0.5) is 5.69 Å². The first-order chi connectivity index (χ1) is 14.5. The summed E-state index contributed by atoms with van der Waals surface area (Å²) in [4.78, 5) is 43.8. The van der Waals surface area contributed by atoms with Gasteiger partial charge in [-0.15, -0.1) is 0 Å². The van der Waals surface area contributed by atoms with E-state index in [0.29, 0.717) is 16.5 Å². The Morgan fingerprint density at radius 2 is 1.73 bits per heavy atom. The fourth-order valence-corrected chi connectivity index (χ4v) is 6.78. The van der Waals surface area contributed by atoms with E-state index in [1.807, 2.05) is 31.2 Å². The van der Waals surface area contributed by atoms with Crippen LogP contribution in [-0.2, 0) is 9.59 Å². The fraction of sp³-hybridized carbons (Fsp3) is 0.227. The van der Waals surface area contributed by atoms with Crippen molar-refractivity contribution in [2.45, 2.75) is 23.1 Å². The van der Waals surface area contributed by atoms with E-state index in [1.54, 1.807) is 31.4 Å². The lowest BCUT2D eigenvalue weighted by molar-refractivity contribution is -0.122. The molecular formula is C22H18N2O4S2. The van der Waals surface area contributed by atoms with Crippen molar-refractivity contribution in [3.8, 4) is 5.75 Å². The second-order valence-corrected chi connectivity index (χ2v) is 9.48. The average Bonchev–Trinajstić information content (AvgIpc) is 3.24. The minimum atomic E-state index is -0.582. The van der Waals surface area contributed by atoms with Gasteiger partial charge in [0.25, 0.3) is 0 Å². The van der Waals surface area contributed by atoms with E-state index in [2.05, 4.69) is 4.98 Å². The molecule has 1 fully saturated rings. The summed E-state index contributed by atoms with van der Waals surface area (Å²) in [7, 11) is 1.57. The zero-order valence-electron chi connectivity index (χ0n) is 16.2. The summed E-state index contributed by atoms with van der Waals surface area (Å²) in [6, 6.07) is 14.7. The van der Waals surface area contributed by atoms with Crippen LogP contribution in [0.15, 0.2) is 58.4 Å². The smallest absolute Gasteiger partial charge is 0.305 e. The zero-order valence-corrected chi connectivity index (χ0v) is 17.9. The molecule has 1 N–H and O–H groups in total. The number of ether oxygens (including phenoxy) is 1. The highest BCUT2D eigenvalue weighted by Crippen LogP contribution is 2.53. The Labute approximate surface area is 180 Å². The monoisotopic (exact) mass is 438 g/mol. The van der Waals surface area contributed by atoms with Crippen LogP contribution in [0.25, 0.3) is 0 Å². The number of imide groups is 1. The number of thiazole rings is 1. The molecule has 8 heteroatoms. The first kappa shape index (κ1) is 19.1. The predicted molar refractivity (Wildman–Crippen MR) is 117 cm³/mol. The normalized spacial score (nSPS) is 22.7. The Bertz CT molecular complexity index is 1210. The number of amides is 2. The van der Waals surface area contributed by atoms with Crippen LogP contribution in [0, 0.1) is 12.8 Å².